The Morgan fingerprint density at radius 3 is 2.22 bits per heavy atom. The number of ether oxygens (including phenoxy) is 2. The van der Waals surface area contributed by atoms with E-state index in [1.165, 1.54) is 19.8 Å². The number of hydrogen-bond donors (Lipinski definition) is 0. The molecule has 2 unspecified atom stereocenters. The summed E-state index contributed by atoms with van der Waals surface area (Å²) in [6.07, 6.45) is 2.53. The van der Waals surface area contributed by atoms with Gasteiger partial charge in [0, 0.05) is 8.07 Å². The van der Waals surface area contributed by atoms with Crippen LogP contribution >= 0.6 is 0 Å². The molecule has 0 spiro atoms. The molecule has 0 heterocycles. The molecule has 0 radical (unpaired) electrons. The summed E-state index contributed by atoms with van der Waals surface area (Å²) in [5, 5.41) is 0. The second-order valence-corrected chi connectivity index (χ2v) is 11.4. The third-order valence-corrected chi connectivity index (χ3v) is 4.58. The summed E-state index contributed by atoms with van der Waals surface area (Å²) in [6, 6.07) is 1.01. The fourth-order valence-corrected chi connectivity index (χ4v) is 4.03. The van der Waals surface area contributed by atoms with Gasteiger partial charge in [0.2, 0.25) is 0 Å². The lowest BCUT2D eigenvalue weighted by Gasteiger charge is -2.17. The highest BCUT2D eigenvalue weighted by Gasteiger charge is 2.39. The van der Waals surface area contributed by atoms with Gasteiger partial charge in [-0.2, -0.15) is 0 Å². The van der Waals surface area contributed by atoms with Gasteiger partial charge in [-0.15, -0.1) is 0 Å². The maximum atomic E-state index is 11.7. The highest BCUT2D eigenvalue weighted by atomic mass is 28.3. The van der Waals surface area contributed by atoms with Crippen molar-refractivity contribution in [1.82, 2.24) is 0 Å². The molecule has 0 fully saturated rings. The van der Waals surface area contributed by atoms with Gasteiger partial charge in [-0.1, -0.05) is 31.3 Å². The van der Waals surface area contributed by atoms with Crippen LogP contribution in [0.5, 0.6) is 0 Å². The molecule has 0 aliphatic heterocycles. The van der Waals surface area contributed by atoms with E-state index in [1.54, 1.807) is 0 Å². The van der Waals surface area contributed by atoms with Crippen LogP contribution in [0, 0.1) is 11.8 Å². The first-order chi connectivity index (χ1) is 8.28. The van der Waals surface area contributed by atoms with Crippen molar-refractivity contribution in [3.05, 3.63) is 11.6 Å². The first kappa shape index (κ1) is 15.0. The van der Waals surface area contributed by atoms with Gasteiger partial charge in [0.15, 0.2) is 0 Å². The molecule has 1 rings (SSSR count). The molecule has 0 amide bonds. The molecule has 0 N–H and O–H groups in total. The first-order valence-corrected chi connectivity index (χ1v) is 9.84. The van der Waals surface area contributed by atoms with Crippen LogP contribution in [0.3, 0.4) is 0 Å². The van der Waals surface area contributed by atoms with Crippen LogP contribution < -0.4 is 0 Å². The number of esters is 2. The lowest BCUT2D eigenvalue weighted by molar-refractivity contribution is -0.154. The Balaban J connectivity index is 2.86. The van der Waals surface area contributed by atoms with Crippen LogP contribution in [0.1, 0.15) is 6.42 Å². The van der Waals surface area contributed by atoms with E-state index in [0.29, 0.717) is 6.42 Å². The minimum atomic E-state index is -1.24. The van der Waals surface area contributed by atoms with Gasteiger partial charge in [0.25, 0.3) is 0 Å². The number of rotatable bonds is 4. The van der Waals surface area contributed by atoms with Gasteiger partial charge in [-0.3, -0.25) is 9.59 Å². The lowest BCUT2D eigenvalue weighted by atomic mass is 9.95. The van der Waals surface area contributed by atoms with Crippen molar-refractivity contribution in [2.75, 3.05) is 14.2 Å². The largest absolute Gasteiger partial charge is 0.469 e. The van der Waals surface area contributed by atoms with Crippen LogP contribution in [0.4, 0.5) is 0 Å². The fraction of sp³-hybridized carbons (Fsp3) is 0.692. The Morgan fingerprint density at radius 1 is 1.22 bits per heavy atom. The Kier molecular flexibility index (Phi) is 4.73. The summed E-state index contributed by atoms with van der Waals surface area (Å²) in [7, 11) is 1.46. The third kappa shape index (κ3) is 3.70. The van der Waals surface area contributed by atoms with Crippen LogP contribution in [-0.4, -0.2) is 34.2 Å². The summed E-state index contributed by atoms with van der Waals surface area (Å²) < 4.78 is 9.53. The number of methoxy groups -OCH3 is 2. The zero-order valence-corrected chi connectivity index (χ0v) is 12.8. The molecule has 0 aromatic rings. The average Bonchev–Trinajstić information content (AvgIpc) is 2.68. The topological polar surface area (TPSA) is 52.6 Å². The minimum Gasteiger partial charge on any atom is -0.469 e. The predicted molar refractivity (Wildman–Crippen MR) is 71.9 cm³/mol. The van der Waals surface area contributed by atoms with Crippen LogP contribution in [0.25, 0.3) is 0 Å². The van der Waals surface area contributed by atoms with Gasteiger partial charge >= 0.3 is 11.9 Å². The van der Waals surface area contributed by atoms with Gasteiger partial charge in [-0.25, -0.2) is 0 Å². The Morgan fingerprint density at radius 2 is 1.78 bits per heavy atom. The minimum absolute atomic E-state index is 0.327. The van der Waals surface area contributed by atoms with Crippen molar-refractivity contribution in [2.45, 2.75) is 32.1 Å². The molecule has 5 heteroatoms. The molecular weight excluding hydrogens is 248 g/mol. The second-order valence-electron chi connectivity index (χ2n) is 5.95. The zero-order valence-electron chi connectivity index (χ0n) is 11.8. The van der Waals surface area contributed by atoms with Crippen LogP contribution in [-0.2, 0) is 19.1 Å². The monoisotopic (exact) mass is 270 g/mol. The molecule has 102 valence electrons. The van der Waals surface area contributed by atoms with E-state index in [2.05, 4.69) is 19.6 Å². The van der Waals surface area contributed by atoms with Gasteiger partial charge in [-0.05, 0) is 12.5 Å². The third-order valence-electron chi connectivity index (χ3n) is 3.07. The van der Waals surface area contributed by atoms with E-state index < -0.39 is 19.9 Å². The van der Waals surface area contributed by atoms with Crippen molar-refractivity contribution < 1.29 is 19.1 Å². The summed E-state index contributed by atoms with van der Waals surface area (Å²) in [5.74, 6) is -1.56. The van der Waals surface area contributed by atoms with Crippen molar-refractivity contribution in [3.63, 3.8) is 0 Å². The summed E-state index contributed by atoms with van der Waals surface area (Å²) in [5.41, 5.74) is 1.19. The molecule has 18 heavy (non-hydrogen) atoms. The molecule has 0 saturated heterocycles. The fourth-order valence-electron chi connectivity index (χ4n) is 2.41. The smallest absolute Gasteiger partial charge is 0.313 e. The van der Waals surface area contributed by atoms with Gasteiger partial charge < -0.3 is 9.47 Å². The summed E-state index contributed by atoms with van der Waals surface area (Å²) >= 11 is 0. The molecule has 0 aromatic carbocycles. The van der Waals surface area contributed by atoms with E-state index in [-0.39, 0.29) is 11.9 Å². The quantitative estimate of drug-likeness (QED) is 0.446. The molecule has 1 aliphatic rings. The SMILES string of the molecule is COC(=O)C1C=C(C[Si](C)(C)C)CC1C(=O)OC. The second kappa shape index (κ2) is 5.69. The Hall–Kier alpha value is -1.10. The van der Waals surface area contributed by atoms with Gasteiger partial charge in [0.05, 0.1) is 26.1 Å². The van der Waals surface area contributed by atoms with Crippen molar-refractivity contribution in [3.8, 4) is 0 Å². The maximum absolute atomic E-state index is 11.7. The standard InChI is InChI=1S/C13H22O4Si/c1-16-12(14)10-6-9(8-18(3,4)5)7-11(10)13(15)17-2/h6,10-11H,7-8H2,1-5H3. The maximum Gasteiger partial charge on any atom is 0.313 e. The Bertz CT molecular complexity index is 368. The highest BCUT2D eigenvalue weighted by Crippen LogP contribution is 2.36. The summed E-state index contributed by atoms with van der Waals surface area (Å²) in [4.78, 5) is 23.4. The normalized spacial score (nSPS) is 23.5. The first-order valence-electron chi connectivity index (χ1n) is 6.13. The predicted octanol–water partition coefficient (Wildman–Crippen LogP) is 2.23. The average molecular weight is 270 g/mol. The van der Waals surface area contributed by atoms with E-state index >= 15 is 0 Å². The number of allylic oxidation sites excluding steroid dienone is 1. The molecule has 2 atom stereocenters. The molecule has 0 aromatic heterocycles. The van der Waals surface area contributed by atoms with Crippen molar-refractivity contribution in [1.29, 1.82) is 0 Å². The van der Waals surface area contributed by atoms with Crippen molar-refractivity contribution >= 4 is 20.0 Å². The van der Waals surface area contributed by atoms with Crippen LogP contribution in [0.2, 0.25) is 25.7 Å². The number of carbonyl (C=O) groups is 2. The molecule has 1 aliphatic carbocycles. The number of hydrogen-bond acceptors (Lipinski definition) is 4. The zero-order chi connectivity index (χ0) is 13.9. The van der Waals surface area contributed by atoms with E-state index in [1.807, 2.05) is 6.08 Å². The molecule has 4 nitrogen and oxygen atoms in total. The molecule has 0 saturated carbocycles. The van der Waals surface area contributed by atoms with Crippen LogP contribution in [0.15, 0.2) is 11.6 Å². The van der Waals surface area contributed by atoms with Gasteiger partial charge in [0.1, 0.15) is 0 Å². The Labute approximate surface area is 109 Å². The van der Waals surface area contributed by atoms with Crippen molar-refractivity contribution in [2.24, 2.45) is 11.8 Å². The summed E-state index contributed by atoms with van der Waals surface area (Å²) in [6.45, 7) is 6.81. The van der Waals surface area contributed by atoms with E-state index in [4.69, 9.17) is 9.47 Å². The van der Waals surface area contributed by atoms with E-state index in [0.717, 1.165) is 6.04 Å². The number of carbonyl (C=O) groups excluding carboxylic acids is 2. The lowest BCUT2D eigenvalue weighted by Crippen LogP contribution is -2.27. The van der Waals surface area contributed by atoms with E-state index in [9.17, 15) is 9.59 Å². The molecular formula is C13H22O4Si. The molecule has 0 bridgehead atoms. The highest BCUT2D eigenvalue weighted by molar-refractivity contribution is 6.76.